The first kappa shape index (κ1) is 13.6. The maximum absolute atomic E-state index is 10.9. The fourth-order valence-corrected chi connectivity index (χ4v) is 4.20. The van der Waals surface area contributed by atoms with Crippen molar-refractivity contribution >= 4 is 6.41 Å². The Balaban J connectivity index is 2.29. The molecule has 1 fully saturated rings. The average Bonchev–Trinajstić information content (AvgIpc) is 2.28. The molecule has 2 aliphatic carbocycles. The minimum atomic E-state index is 0.00894. The Morgan fingerprint density at radius 3 is 2.78 bits per heavy atom. The van der Waals surface area contributed by atoms with Crippen molar-refractivity contribution in [2.24, 2.45) is 23.7 Å². The lowest BCUT2D eigenvalue weighted by Gasteiger charge is -2.51. The molecule has 2 rings (SSSR count). The highest BCUT2D eigenvalue weighted by Crippen LogP contribution is 2.49. The van der Waals surface area contributed by atoms with Crippen LogP contribution in [-0.4, -0.2) is 11.9 Å². The molecule has 1 amide bonds. The highest BCUT2D eigenvalue weighted by atomic mass is 16.1. The summed E-state index contributed by atoms with van der Waals surface area (Å²) in [6.45, 7) is 9.18. The summed E-state index contributed by atoms with van der Waals surface area (Å²) in [5, 5.41) is 3.12. The van der Waals surface area contributed by atoms with Crippen LogP contribution in [0.4, 0.5) is 0 Å². The molecule has 0 unspecified atom stereocenters. The van der Waals surface area contributed by atoms with Gasteiger partial charge in [-0.2, -0.15) is 0 Å². The van der Waals surface area contributed by atoms with Crippen molar-refractivity contribution in [3.05, 3.63) is 11.6 Å². The molecular weight excluding hydrogens is 222 g/mol. The van der Waals surface area contributed by atoms with Gasteiger partial charge in [0.1, 0.15) is 0 Å². The minimum absolute atomic E-state index is 0.00894. The van der Waals surface area contributed by atoms with Crippen molar-refractivity contribution in [3.63, 3.8) is 0 Å². The van der Waals surface area contributed by atoms with E-state index in [4.69, 9.17) is 0 Å². The molecule has 0 aromatic carbocycles. The van der Waals surface area contributed by atoms with Crippen LogP contribution in [0.1, 0.15) is 53.4 Å². The zero-order valence-corrected chi connectivity index (χ0v) is 12.2. The Bertz CT molecular complexity index is 347. The minimum Gasteiger partial charge on any atom is -0.353 e. The maximum atomic E-state index is 10.9. The van der Waals surface area contributed by atoms with Crippen LogP contribution >= 0.6 is 0 Å². The summed E-state index contributed by atoms with van der Waals surface area (Å²) < 4.78 is 0. The quantitative estimate of drug-likeness (QED) is 0.601. The smallest absolute Gasteiger partial charge is 0.207 e. The predicted molar refractivity (Wildman–Crippen MR) is 75.1 cm³/mol. The lowest BCUT2D eigenvalue weighted by Crippen LogP contribution is -2.56. The number of nitrogens with one attached hydrogen (secondary N) is 1. The maximum Gasteiger partial charge on any atom is 0.207 e. The van der Waals surface area contributed by atoms with E-state index < -0.39 is 0 Å². The fourth-order valence-electron chi connectivity index (χ4n) is 4.20. The van der Waals surface area contributed by atoms with Crippen molar-refractivity contribution in [2.45, 2.75) is 58.9 Å². The first-order valence-electron chi connectivity index (χ1n) is 7.36. The molecule has 2 aliphatic rings. The summed E-state index contributed by atoms with van der Waals surface area (Å²) in [4.78, 5) is 10.9. The van der Waals surface area contributed by atoms with Crippen molar-refractivity contribution in [2.75, 3.05) is 0 Å². The van der Waals surface area contributed by atoms with E-state index >= 15 is 0 Å². The Morgan fingerprint density at radius 1 is 1.44 bits per heavy atom. The molecule has 0 aromatic rings. The molecule has 2 nitrogen and oxygen atoms in total. The first-order valence-corrected chi connectivity index (χ1v) is 7.36. The molecule has 0 spiro atoms. The summed E-state index contributed by atoms with van der Waals surface area (Å²) >= 11 is 0. The van der Waals surface area contributed by atoms with Crippen molar-refractivity contribution < 1.29 is 4.79 Å². The van der Waals surface area contributed by atoms with E-state index in [9.17, 15) is 4.79 Å². The highest BCUT2D eigenvalue weighted by Gasteiger charge is 2.46. The summed E-state index contributed by atoms with van der Waals surface area (Å²) in [6, 6.07) is 0. The Morgan fingerprint density at radius 2 is 2.17 bits per heavy atom. The van der Waals surface area contributed by atoms with Gasteiger partial charge in [-0.05, 0) is 63.2 Å². The second-order valence-corrected chi connectivity index (χ2v) is 6.86. The van der Waals surface area contributed by atoms with Crippen LogP contribution < -0.4 is 5.32 Å². The molecule has 0 saturated heterocycles. The molecule has 4 atom stereocenters. The van der Waals surface area contributed by atoms with Gasteiger partial charge in [0.25, 0.3) is 0 Å². The fraction of sp³-hybridized carbons (Fsp3) is 0.812. The van der Waals surface area contributed by atoms with Gasteiger partial charge in [0, 0.05) is 5.54 Å². The topological polar surface area (TPSA) is 29.1 Å². The third kappa shape index (κ3) is 2.34. The SMILES string of the molecule is CC1=C[C@@H]2[C@@H](CC1)[C@@](C)(NC=O)CC[C@H]2C(C)C. The summed E-state index contributed by atoms with van der Waals surface area (Å²) in [6.07, 6.45) is 8.19. The number of hydrogen-bond donors (Lipinski definition) is 1. The highest BCUT2D eigenvalue weighted by molar-refractivity contribution is 5.48. The monoisotopic (exact) mass is 249 g/mol. The van der Waals surface area contributed by atoms with E-state index in [1.54, 1.807) is 0 Å². The van der Waals surface area contributed by atoms with Crippen molar-refractivity contribution in [1.29, 1.82) is 0 Å². The molecule has 1 N–H and O–H groups in total. The average molecular weight is 249 g/mol. The van der Waals surface area contributed by atoms with E-state index in [0.717, 1.165) is 24.7 Å². The van der Waals surface area contributed by atoms with Crippen LogP contribution in [0.3, 0.4) is 0 Å². The van der Waals surface area contributed by atoms with Gasteiger partial charge >= 0.3 is 0 Å². The number of amides is 1. The van der Waals surface area contributed by atoms with E-state index in [2.05, 4.69) is 39.1 Å². The third-order valence-electron chi connectivity index (χ3n) is 5.35. The number of rotatable bonds is 3. The molecule has 1 saturated carbocycles. The first-order chi connectivity index (χ1) is 8.48. The number of carbonyl (C=O) groups is 1. The van der Waals surface area contributed by atoms with Gasteiger partial charge in [-0.15, -0.1) is 0 Å². The van der Waals surface area contributed by atoms with Gasteiger partial charge in [-0.25, -0.2) is 0 Å². The van der Waals surface area contributed by atoms with Gasteiger partial charge < -0.3 is 5.32 Å². The van der Waals surface area contributed by atoms with E-state index in [-0.39, 0.29) is 5.54 Å². The largest absolute Gasteiger partial charge is 0.353 e. The Kier molecular flexibility index (Phi) is 3.84. The van der Waals surface area contributed by atoms with Crippen molar-refractivity contribution in [3.8, 4) is 0 Å². The number of fused-ring (bicyclic) bond motifs is 1. The molecule has 0 heterocycles. The Labute approximate surface area is 111 Å². The van der Waals surface area contributed by atoms with Gasteiger partial charge in [-0.1, -0.05) is 25.5 Å². The lowest BCUT2D eigenvalue weighted by molar-refractivity contribution is -0.113. The van der Waals surface area contributed by atoms with Crippen LogP contribution in [0, 0.1) is 23.7 Å². The molecule has 18 heavy (non-hydrogen) atoms. The van der Waals surface area contributed by atoms with Crippen LogP contribution in [-0.2, 0) is 4.79 Å². The van der Waals surface area contributed by atoms with Crippen LogP contribution in [0.2, 0.25) is 0 Å². The molecule has 0 aromatic heterocycles. The van der Waals surface area contributed by atoms with Gasteiger partial charge in [0.15, 0.2) is 0 Å². The normalized spacial score (nSPS) is 40.1. The van der Waals surface area contributed by atoms with Crippen LogP contribution in [0.5, 0.6) is 0 Å². The molecular formula is C16H27NO. The zero-order valence-electron chi connectivity index (χ0n) is 12.2. The van der Waals surface area contributed by atoms with E-state index in [1.807, 2.05) is 0 Å². The number of allylic oxidation sites excluding steroid dienone is 2. The Hall–Kier alpha value is -0.790. The van der Waals surface area contributed by atoms with Gasteiger partial charge in [0.05, 0.1) is 0 Å². The van der Waals surface area contributed by atoms with E-state index in [0.29, 0.717) is 11.8 Å². The van der Waals surface area contributed by atoms with Gasteiger partial charge in [-0.3, -0.25) is 4.79 Å². The summed E-state index contributed by atoms with van der Waals surface area (Å²) in [5.41, 5.74) is 1.55. The second-order valence-electron chi connectivity index (χ2n) is 6.86. The third-order valence-corrected chi connectivity index (χ3v) is 5.35. The molecule has 0 bridgehead atoms. The molecule has 102 valence electrons. The zero-order chi connectivity index (χ0) is 13.3. The van der Waals surface area contributed by atoms with Crippen LogP contribution in [0.15, 0.2) is 11.6 Å². The van der Waals surface area contributed by atoms with E-state index in [1.165, 1.54) is 24.8 Å². The van der Waals surface area contributed by atoms with Gasteiger partial charge in [0.2, 0.25) is 6.41 Å². The summed E-state index contributed by atoms with van der Waals surface area (Å²) in [5.74, 6) is 2.80. The lowest BCUT2D eigenvalue weighted by atomic mass is 9.57. The number of carbonyl (C=O) groups excluding carboxylic acids is 1. The predicted octanol–water partition coefficient (Wildman–Crippen LogP) is 3.53. The molecule has 0 radical (unpaired) electrons. The number of hydrogen-bond acceptors (Lipinski definition) is 1. The molecule has 0 aliphatic heterocycles. The summed E-state index contributed by atoms with van der Waals surface area (Å²) in [7, 11) is 0. The standard InChI is InChI=1S/C16H27NO/c1-11(2)13-7-8-16(4,17-10-18)15-6-5-12(3)9-14(13)15/h9-11,13-15H,5-8H2,1-4H3,(H,17,18)/t13-,14-,15+,16-/m0/s1. The second kappa shape index (κ2) is 5.07. The molecule has 2 heteroatoms. The van der Waals surface area contributed by atoms with Crippen molar-refractivity contribution in [1.82, 2.24) is 5.32 Å². The van der Waals surface area contributed by atoms with Crippen LogP contribution in [0.25, 0.3) is 0 Å².